The van der Waals surface area contributed by atoms with Crippen molar-refractivity contribution in [3.63, 3.8) is 0 Å². The van der Waals surface area contributed by atoms with E-state index in [0.717, 1.165) is 15.9 Å². The number of H-pyrrole nitrogens is 1. The van der Waals surface area contributed by atoms with Gasteiger partial charge in [-0.05, 0) is 37.3 Å². The summed E-state index contributed by atoms with van der Waals surface area (Å²) in [4.78, 5) is 15.7. The van der Waals surface area contributed by atoms with Crippen molar-refractivity contribution in [1.29, 1.82) is 0 Å². The Morgan fingerprint density at radius 2 is 1.90 bits per heavy atom. The number of hydrogen-bond acceptors (Lipinski definition) is 5. The smallest absolute Gasteiger partial charge is 0.229 e. The van der Waals surface area contributed by atoms with Crippen LogP contribution in [0, 0.1) is 11.0 Å². The van der Waals surface area contributed by atoms with E-state index in [1.807, 2.05) is 43.3 Å². The Kier molecular flexibility index (Phi) is 4.24. The summed E-state index contributed by atoms with van der Waals surface area (Å²) in [5.41, 5.74) is 3.48. The second-order valence-electron chi connectivity index (χ2n) is 7.00. The summed E-state index contributed by atoms with van der Waals surface area (Å²) in [5, 5.41) is 17.3. The van der Waals surface area contributed by atoms with Gasteiger partial charge in [0.05, 0.1) is 12.4 Å². The van der Waals surface area contributed by atoms with E-state index in [1.54, 1.807) is 12.4 Å². The van der Waals surface area contributed by atoms with Gasteiger partial charge in [0.2, 0.25) is 11.2 Å². The molecule has 0 bridgehead atoms. The molecule has 5 rings (SSSR count). The summed E-state index contributed by atoms with van der Waals surface area (Å²) < 4.78 is 14.6. The van der Waals surface area contributed by atoms with Crippen molar-refractivity contribution in [1.82, 2.24) is 19.9 Å². The van der Waals surface area contributed by atoms with Gasteiger partial charge >= 0.3 is 0 Å². The highest BCUT2D eigenvalue weighted by Crippen LogP contribution is 2.31. The molecule has 8 heteroatoms. The van der Waals surface area contributed by atoms with E-state index in [9.17, 15) is 9.60 Å². The second-order valence-corrected chi connectivity index (χ2v) is 7.00. The summed E-state index contributed by atoms with van der Waals surface area (Å²) in [5.74, 6) is 0.108. The molecule has 3 aromatic heterocycles. The first kappa shape index (κ1) is 18.0. The first-order valence-corrected chi connectivity index (χ1v) is 9.43. The van der Waals surface area contributed by atoms with Crippen molar-refractivity contribution in [3.05, 3.63) is 83.8 Å². The van der Waals surface area contributed by atoms with Crippen LogP contribution in [0.4, 0.5) is 10.2 Å². The van der Waals surface area contributed by atoms with Crippen molar-refractivity contribution in [2.75, 3.05) is 5.32 Å². The number of hydrogen-bond donors (Lipinski definition) is 2. The fourth-order valence-corrected chi connectivity index (χ4v) is 3.65. The molecule has 0 saturated heterocycles. The van der Waals surface area contributed by atoms with Crippen molar-refractivity contribution in [3.8, 4) is 11.3 Å². The van der Waals surface area contributed by atoms with E-state index in [-0.39, 0.29) is 11.6 Å². The topological polar surface area (TPSA) is 93.4 Å². The number of anilines is 1. The zero-order chi connectivity index (χ0) is 20.7. The number of rotatable bonds is 4. The van der Waals surface area contributed by atoms with Gasteiger partial charge in [-0.3, -0.25) is 0 Å². The fraction of sp³-hybridized carbons (Fsp3) is 0.0909. The number of fused-ring (bicyclic) bond motifs is 2. The van der Waals surface area contributed by atoms with Gasteiger partial charge in [0, 0.05) is 22.6 Å². The van der Waals surface area contributed by atoms with E-state index in [4.69, 9.17) is 0 Å². The Hall–Kier alpha value is -4.07. The fourth-order valence-electron chi connectivity index (χ4n) is 3.65. The zero-order valence-electron chi connectivity index (χ0n) is 16.0. The van der Waals surface area contributed by atoms with Gasteiger partial charge in [0.1, 0.15) is 17.7 Å². The molecule has 0 aliphatic carbocycles. The van der Waals surface area contributed by atoms with E-state index in [0.29, 0.717) is 28.1 Å². The number of aromatic nitrogens is 5. The van der Waals surface area contributed by atoms with E-state index >= 15 is 0 Å². The second kappa shape index (κ2) is 7.07. The molecule has 1 atom stereocenters. The lowest BCUT2D eigenvalue weighted by molar-refractivity contribution is -0.565. The monoisotopic (exact) mass is 400 g/mol. The van der Waals surface area contributed by atoms with Crippen LogP contribution < -0.4 is 10.0 Å². The van der Waals surface area contributed by atoms with Crippen LogP contribution >= 0.6 is 0 Å². The Morgan fingerprint density at radius 1 is 1.07 bits per heavy atom. The Morgan fingerprint density at radius 3 is 2.73 bits per heavy atom. The molecule has 0 radical (unpaired) electrons. The SMILES string of the molecule is C[C@H](Nc1ncnc2[nH]cnc12)c1cc2ccc(F)cc2[n+]([O-])c1-c1ccccc1. The first-order valence-electron chi connectivity index (χ1n) is 9.43. The summed E-state index contributed by atoms with van der Waals surface area (Å²) >= 11 is 0. The maximum Gasteiger partial charge on any atom is 0.229 e. The van der Waals surface area contributed by atoms with Crippen LogP contribution in [0.5, 0.6) is 0 Å². The Balaban J connectivity index is 1.69. The predicted octanol–water partition coefficient (Wildman–Crippen LogP) is 4.12. The highest BCUT2D eigenvalue weighted by Gasteiger charge is 2.24. The molecule has 0 amide bonds. The standard InChI is InChI=1S/C22H17FN6O/c1-13(28-22-19-21(25-11-24-19)26-12-27-22)17-9-15-7-8-16(23)10-18(15)29(30)20(17)14-5-3-2-4-6-14/h2-13H,1H3,(H2,24,25,26,27,28)/t13-/m0/s1. The lowest BCUT2D eigenvalue weighted by atomic mass is 9.98. The minimum Gasteiger partial charge on any atom is -0.618 e. The third-order valence-corrected chi connectivity index (χ3v) is 5.08. The lowest BCUT2D eigenvalue weighted by Gasteiger charge is -2.19. The quantitative estimate of drug-likeness (QED) is 0.350. The number of pyridine rings is 1. The van der Waals surface area contributed by atoms with Gasteiger partial charge < -0.3 is 15.5 Å². The normalized spacial score (nSPS) is 12.3. The van der Waals surface area contributed by atoms with Crippen LogP contribution in [0.3, 0.4) is 0 Å². The van der Waals surface area contributed by atoms with Gasteiger partial charge in [-0.25, -0.2) is 19.3 Å². The van der Waals surface area contributed by atoms with Crippen LogP contribution in [0.2, 0.25) is 0 Å². The van der Waals surface area contributed by atoms with Crippen molar-refractivity contribution in [2.45, 2.75) is 13.0 Å². The molecule has 0 aliphatic rings. The molecule has 0 fully saturated rings. The lowest BCUT2D eigenvalue weighted by Crippen LogP contribution is -2.33. The summed E-state index contributed by atoms with van der Waals surface area (Å²) in [6.45, 7) is 1.94. The zero-order valence-corrected chi connectivity index (χ0v) is 16.0. The maximum absolute atomic E-state index is 13.8. The largest absolute Gasteiger partial charge is 0.618 e. The molecule has 2 aromatic carbocycles. The molecule has 2 N–H and O–H groups in total. The number of aromatic amines is 1. The van der Waals surface area contributed by atoms with E-state index in [1.165, 1.54) is 18.5 Å². The highest BCUT2D eigenvalue weighted by molar-refractivity contribution is 5.83. The minimum absolute atomic E-state index is 0.279. The summed E-state index contributed by atoms with van der Waals surface area (Å²) in [7, 11) is 0. The molecular formula is C22H17FN6O. The predicted molar refractivity (Wildman–Crippen MR) is 112 cm³/mol. The molecule has 0 aliphatic heterocycles. The molecule has 0 saturated carbocycles. The molecule has 3 heterocycles. The molecule has 0 unspecified atom stereocenters. The average molecular weight is 400 g/mol. The van der Waals surface area contributed by atoms with Crippen LogP contribution in [0.1, 0.15) is 18.5 Å². The number of nitrogens with one attached hydrogen (secondary N) is 2. The number of halogens is 1. The molecule has 7 nitrogen and oxygen atoms in total. The van der Waals surface area contributed by atoms with Gasteiger partial charge in [-0.2, -0.15) is 4.73 Å². The van der Waals surface area contributed by atoms with Gasteiger partial charge in [0.15, 0.2) is 11.5 Å². The van der Waals surface area contributed by atoms with Crippen molar-refractivity contribution in [2.24, 2.45) is 0 Å². The third kappa shape index (κ3) is 2.98. The van der Waals surface area contributed by atoms with E-state index < -0.39 is 5.82 Å². The van der Waals surface area contributed by atoms with Crippen LogP contribution in [0.15, 0.2) is 67.3 Å². The maximum atomic E-state index is 13.8. The molecule has 0 spiro atoms. The Labute approximate surface area is 170 Å². The highest BCUT2D eigenvalue weighted by atomic mass is 19.1. The van der Waals surface area contributed by atoms with Crippen molar-refractivity contribution < 1.29 is 9.12 Å². The average Bonchev–Trinajstić information content (AvgIpc) is 3.24. The van der Waals surface area contributed by atoms with Crippen molar-refractivity contribution >= 4 is 27.9 Å². The van der Waals surface area contributed by atoms with Gasteiger partial charge in [0.25, 0.3) is 0 Å². The van der Waals surface area contributed by atoms with Crippen LogP contribution in [-0.2, 0) is 0 Å². The minimum atomic E-state index is -0.452. The first-order chi connectivity index (χ1) is 14.6. The summed E-state index contributed by atoms with van der Waals surface area (Å²) in [6, 6.07) is 15.2. The van der Waals surface area contributed by atoms with Crippen LogP contribution in [-0.4, -0.2) is 19.9 Å². The number of imidazole rings is 1. The molecule has 148 valence electrons. The van der Waals surface area contributed by atoms with Gasteiger partial charge in [-0.15, -0.1) is 0 Å². The third-order valence-electron chi connectivity index (χ3n) is 5.08. The molecule has 5 aromatic rings. The van der Waals surface area contributed by atoms with Crippen LogP contribution in [0.25, 0.3) is 33.3 Å². The number of nitrogens with zero attached hydrogens (tertiary/aromatic N) is 4. The Bertz CT molecular complexity index is 1370. The van der Waals surface area contributed by atoms with Gasteiger partial charge in [-0.1, -0.05) is 18.2 Å². The molecule has 30 heavy (non-hydrogen) atoms. The summed E-state index contributed by atoms with van der Waals surface area (Å²) in [6.07, 6.45) is 3.01. The molecular weight excluding hydrogens is 383 g/mol. The number of benzene rings is 2. The van der Waals surface area contributed by atoms with E-state index in [2.05, 4.69) is 25.3 Å².